The fourth-order valence-corrected chi connectivity index (χ4v) is 3.27. The molecule has 0 amide bonds. The maximum absolute atomic E-state index is 14.2. The van der Waals surface area contributed by atoms with Crippen molar-refractivity contribution >= 4 is 10.9 Å². The summed E-state index contributed by atoms with van der Waals surface area (Å²) in [4.78, 5) is 0. The van der Waals surface area contributed by atoms with Crippen molar-refractivity contribution in [2.24, 2.45) is 5.92 Å². The van der Waals surface area contributed by atoms with Crippen molar-refractivity contribution in [1.82, 2.24) is 15.1 Å². The Kier molecular flexibility index (Phi) is 4.36. The van der Waals surface area contributed by atoms with E-state index in [-0.39, 0.29) is 5.69 Å². The van der Waals surface area contributed by atoms with Gasteiger partial charge in [-0.25, -0.2) is 13.5 Å². The van der Waals surface area contributed by atoms with Crippen LogP contribution in [-0.2, 0) is 0 Å². The molecule has 0 saturated carbocycles. The fourth-order valence-electron chi connectivity index (χ4n) is 3.27. The summed E-state index contributed by atoms with van der Waals surface area (Å²) in [5.41, 5.74) is 0.427. The lowest BCUT2D eigenvalue weighted by Crippen LogP contribution is -2.33. The van der Waals surface area contributed by atoms with Crippen molar-refractivity contribution in [3.05, 3.63) is 54.1 Å². The summed E-state index contributed by atoms with van der Waals surface area (Å²) >= 11 is 0. The number of benzene rings is 2. The summed E-state index contributed by atoms with van der Waals surface area (Å²) in [5.74, 6) is -0.487. The molecule has 3 aromatic rings. The average molecular weight is 343 g/mol. The molecule has 1 aromatic heterocycles. The number of hydrogen-bond acceptors (Lipinski definition) is 3. The van der Waals surface area contributed by atoms with Crippen molar-refractivity contribution < 1.29 is 13.5 Å². The monoisotopic (exact) mass is 343 g/mol. The first-order valence-corrected chi connectivity index (χ1v) is 8.49. The number of nitrogens with zero attached hydrogens (tertiary/aromatic N) is 2. The van der Waals surface area contributed by atoms with Crippen molar-refractivity contribution in [2.75, 3.05) is 19.7 Å². The van der Waals surface area contributed by atoms with Gasteiger partial charge in [0.05, 0.1) is 17.5 Å². The number of rotatable bonds is 4. The molecule has 0 bridgehead atoms. The first-order valence-electron chi connectivity index (χ1n) is 8.49. The quantitative estimate of drug-likeness (QED) is 0.785. The summed E-state index contributed by atoms with van der Waals surface area (Å²) in [6.45, 7) is 2.50. The van der Waals surface area contributed by atoms with Crippen LogP contribution in [0.15, 0.2) is 42.5 Å². The molecule has 0 radical (unpaired) electrons. The molecule has 2 aromatic carbocycles. The second-order valence-electron chi connectivity index (χ2n) is 6.33. The zero-order valence-corrected chi connectivity index (χ0v) is 13.7. The zero-order chi connectivity index (χ0) is 17.2. The first kappa shape index (κ1) is 16.0. The average Bonchev–Trinajstić information content (AvgIpc) is 3.00. The van der Waals surface area contributed by atoms with Gasteiger partial charge in [0, 0.05) is 12.5 Å². The van der Waals surface area contributed by atoms with E-state index in [0.717, 1.165) is 31.3 Å². The Bertz CT molecular complexity index is 867. The van der Waals surface area contributed by atoms with Crippen LogP contribution in [0.5, 0.6) is 5.88 Å². The molecule has 6 heteroatoms. The van der Waals surface area contributed by atoms with Gasteiger partial charge in [0.15, 0.2) is 11.6 Å². The molecule has 130 valence electrons. The minimum Gasteiger partial charge on any atom is -0.476 e. The largest absolute Gasteiger partial charge is 0.476 e. The minimum atomic E-state index is -0.656. The van der Waals surface area contributed by atoms with Gasteiger partial charge in [0.1, 0.15) is 5.69 Å². The number of para-hydroxylation sites is 2. The molecule has 0 aliphatic carbocycles. The summed E-state index contributed by atoms with van der Waals surface area (Å²) in [6.07, 6.45) is 2.23. The lowest BCUT2D eigenvalue weighted by molar-refractivity contribution is 0.213. The predicted molar refractivity (Wildman–Crippen MR) is 92.1 cm³/mol. The number of hydrogen-bond donors (Lipinski definition) is 1. The third-order valence-electron chi connectivity index (χ3n) is 4.56. The zero-order valence-electron chi connectivity index (χ0n) is 13.7. The molecule has 1 aliphatic rings. The van der Waals surface area contributed by atoms with Crippen molar-refractivity contribution in [1.29, 1.82) is 0 Å². The number of ether oxygens (including phenoxy) is 1. The van der Waals surface area contributed by atoms with Gasteiger partial charge in [-0.15, -0.1) is 5.10 Å². The van der Waals surface area contributed by atoms with Gasteiger partial charge in [0.2, 0.25) is 5.88 Å². The van der Waals surface area contributed by atoms with E-state index in [1.54, 1.807) is 6.07 Å². The Morgan fingerprint density at radius 1 is 1.12 bits per heavy atom. The standard InChI is InChI=1S/C19H19F2N3O/c20-15-7-3-8-16(21)18(15)24-17-9-2-1-6-14(17)19(23-24)25-12-13-5-4-10-22-11-13/h1-3,6-9,13,22H,4-5,10-12H2/t13-/m0/s1. The van der Waals surface area contributed by atoms with Crippen LogP contribution in [0, 0.1) is 17.6 Å². The molecular weight excluding hydrogens is 324 g/mol. The Morgan fingerprint density at radius 2 is 1.92 bits per heavy atom. The van der Waals surface area contributed by atoms with Crippen LogP contribution in [0.1, 0.15) is 12.8 Å². The molecule has 0 spiro atoms. The summed E-state index contributed by atoms with van der Waals surface area (Å²) in [5, 5.41) is 8.45. The van der Waals surface area contributed by atoms with E-state index in [4.69, 9.17) is 4.74 Å². The summed E-state index contributed by atoms with van der Waals surface area (Å²) in [7, 11) is 0. The second-order valence-corrected chi connectivity index (χ2v) is 6.33. The Labute approximate surface area is 144 Å². The molecule has 25 heavy (non-hydrogen) atoms. The van der Waals surface area contributed by atoms with Gasteiger partial charge in [-0.2, -0.15) is 0 Å². The van der Waals surface area contributed by atoms with Crippen LogP contribution in [0.25, 0.3) is 16.6 Å². The van der Waals surface area contributed by atoms with E-state index in [9.17, 15) is 8.78 Å². The highest BCUT2D eigenvalue weighted by molar-refractivity contribution is 5.86. The van der Waals surface area contributed by atoms with E-state index in [2.05, 4.69) is 10.4 Å². The van der Waals surface area contributed by atoms with Crippen LogP contribution in [0.2, 0.25) is 0 Å². The smallest absolute Gasteiger partial charge is 0.241 e. The number of piperidine rings is 1. The maximum Gasteiger partial charge on any atom is 0.241 e. The molecule has 4 rings (SSSR count). The van der Waals surface area contributed by atoms with E-state index in [0.29, 0.717) is 23.9 Å². The van der Waals surface area contributed by atoms with Crippen LogP contribution >= 0.6 is 0 Å². The highest BCUT2D eigenvalue weighted by Crippen LogP contribution is 2.30. The SMILES string of the molecule is Fc1cccc(F)c1-n1nc(OC[C@H]2CCCNC2)c2ccccc21. The van der Waals surface area contributed by atoms with Crippen molar-refractivity contribution in [2.45, 2.75) is 12.8 Å². The van der Waals surface area contributed by atoms with Crippen molar-refractivity contribution in [3.63, 3.8) is 0 Å². The highest BCUT2D eigenvalue weighted by Gasteiger charge is 2.20. The Balaban J connectivity index is 1.71. The molecule has 1 atom stereocenters. The maximum atomic E-state index is 14.2. The summed E-state index contributed by atoms with van der Waals surface area (Å²) in [6, 6.07) is 11.1. The number of aromatic nitrogens is 2. The minimum absolute atomic E-state index is 0.187. The molecule has 2 heterocycles. The third-order valence-corrected chi connectivity index (χ3v) is 4.56. The Morgan fingerprint density at radius 3 is 2.68 bits per heavy atom. The normalized spacial score (nSPS) is 17.8. The number of halogens is 2. The van der Waals surface area contributed by atoms with Gasteiger partial charge >= 0.3 is 0 Å². The van der Waals surface area contributed by atoms with Gasteiger partial charge in [-0.1, -0.05) is 18.2 Å². The number of nitrogens with one attached hydrogen (secondary N) is 1. The third kappa shape index (κ3) is 3.09. The van der Waals surface area contributed by atoms with Crippen LogP contribution < -0.4 is 10.1 Å². The molecule has 4 nitrogen and oxygen atoms in total. The number of fused-ring (bicyclic) bond motifs is 1. The van der Waals surface area contributed by atoms with Gasteiger partial charge in [-0.05, 0) is 43.7 Å². The van der Waals surface area contributed by atoms with E-state index < -0.39 is 11.6 Å². The molecule has 0 unspecified atom stereocenters. The second kappa shape index (κ2) is 6.80. The molecule has 1 saturated heterocycles. The lowest BCUT2D eigenvalue weighted by atomic mass is 10.0. The molecule has 1 fully saturated rings. The summed E-state index contributed by atoms with van der Waals surface area (Å²) < 4.78 is 35.6. The highest BCUT2D eigenvalue weighted by atomic mass is 19.1. The Hall–Kier alpha value is -2.47. The van der Waals surface area contributed by atoms with Crippen molar-refractivity contribution in [3.8, 4) is 11.6 Å². The topological polar surface area (TPSA) is 39.1 Å². The van der Waals surface area contributed by atoms with Gasteiger partial charge in [-0.3, -0.25) is 0 Å². The van der Waals surface area contributed by atoms with Gasteiger partial charge < -0.3 is 10.1 Å². The van der Waals surface area contributed by atoms with Crippen LogP contribution in [0.4, 0.5) is 8.78 Å². The van der Waals surface area contributed by atoms with E-state index >= 15 is 0 Å². The lowest BCUT2D eigenvalue weighted by Gasteiger charge is -2.22. The first-order chi connectivity index (χ1) is 12.2. The van der Waals surface area contributed by atoms with E-state index in [1.165, 1.54) is 22.9 Å². The predicted octanol–water partition coefficient (Wildman–Crippen LogP) is 3.68. The van der Waals surface area contributed by atoms with Crippen LogP contribution in [0.3, 0.4) is 0 Å². The van der Waals surface area contributed by atoms with Gasteiger partial charge in [0.25, 0.3) is 0 Å². The fraction of sp³-hybridized carbons (Fsp3) is 0.316. The molecule has 1 aliphatic heterocycles. The molecule has 1 N–H and O–H groups in total. The van der Waals surface area contributed by atoms with E-state index in [1.807, 2.05) is 18.2 Å². The molecular formula is C19H19F2N3O. The van der Waals surface area contributed by atoms with Crippen LogP contribution in [-0.4, -0.2) is 29.5 Å².